The van der Waals surface area contributed by atoms with Crippen LogP contribution in [0.4, 0.5) is 5.69 Å². The summed E-state index contributed by atoms with van der Waals surface area (Å²) in [7, 11) is 3.45. The van der Waals surface area contributed by atoms with Crippen molar-refractivity contribution in [1.29, 1.82) is 0 Å². The van der Waals surface area contributed by atoms with Crippen molar-refractivity contribution in [3.63, 3.8) is 0 Å². The molecule has 5 nitrogen and oxygen atoms in total. The summed E-state index contributed by atoms with van der Waals surface area (Å²) in [4.78, 5) is 23.8. The van der Waals surface area contributed by atoms with E-state index in [1.54, 1.807) is 23.2 Å². The number of carbonyl (C=O) groups excluding carboxylic acids is 1. The molecular weight excluding hydrogens is 322 g/mol. The van der Waals surface area contributed by atoms with Crippen molar-refractivity contribution in [1.82, 2.24) is 9.13 Å². The van der Waals surface area contributed by atoms with Crippen molar-refractivity contribution < 1.29 is 4.79 Å². The highest BCUT2D eigenvalue weighted by Crippen LogP contribution is 2.28. The summed E-state index contributed by atoms with van der Waals surface area (Å²) in [6, 6.07) is 3.67. The minimum atomic E-state index is -0.0856. The molecule has 0 aliphatic heterocycles. The lowest BCUT2D eigenvalue weighted by Gasteiger charge is -2.10. The lowest BCUT2D eigenvalue weighted by molar-refractivity contribution is -0.116. The third-order valence-corrected chi connectivity index (χ3v) is 3.88. The molecule has 0 aliphatic carbocycles. The van der Waals surface area contributed by atoms with Crippen LogP contribution in [0, 0.1) is 5.92 Å². The minimum Gasteiger partial charge on any atom is -0.325 e. The fourth-order valence-electron chi connectivity index (χ4n) is 2.19. The molecule has 1 heterocycles. The molecule has 0 saturated carbocycles. The Kier molecular flexibility index (Phi) is 4.04. The number of nitrogens with zero attached hydrogens (tertiary/aromatic N) is 2. The summed E-state index contributed by atoms with van der Waals surface area (Å²) in [5.74, 6) is 0.277. The Morgan fingerprint density at radius 2 is 1.80 bits per heavy atom. The Labute approximate surface area is 125 Å². The predicted octanol–water partition coefficient (Wildman–Crippen LogP) is 2.62. The van der Waals surface area contributed by atoms with E-state index in [4.69, 9.17) is 0 Å². The number of hydrogen-bond donors (Lipinski definition) is 1. The maximum Gasteiger partial charge on any atom is 0.328 e. The van der Waals surface area contributed by atoms with Gasteiger partial charge in [0.2, 0.25) is 5.91 Å². The zero-order chi connectivity index (χ0) is 15.0. The fraction of sp³-hybridized carbons (Fsp3) is 0.429. The number of rotatable bonds is 3. The number of amides is 1. The van der Waals surface area contributed by atoms with Crippen molar-refractivity contribution in [2.24, 2.45) is 20.0 Å². The zero-order valence-corrected chi connectivity index (χ0v) is 13.6. The summed E-state index contributed by atoms with van der Waals surface area (Å²) in [5, 5.41) is 2.88. The van der Waals surface area contributed by atoms with E-state index in [-0.39, 0.29) is 11.6 Å². The largest absolute Gasteiger partial charge is 0.328 e. The highest BCUT2D eigenvalue weighted by Gasteiger charge is 2.13. The molecule has 0 atom stereocenters. The molecule has 0 unspecified atom stereocenters. The molecule has 0 aliphatic rings. The molecule has 1 aromatic heterocycles. The number of benzene rings is 1. The Morgan fingerprint density at radius 1 is 1.25 bits per heavy atom. The van der Waals surface area contributed by atoms with Crippen molar-refractivity contribution in [2.45, 2.75) is 20.3 Å². The van der Waals surface area contributed by atoms with Crippen molar-refractivity contribution in [2.75, 3.05) is 5.32 Å². The summed E-state index contributed by atoms with van der Waals surface area (Å²) >= 11 is 3.44. The first-order valence-electron chi connectivity index (χ1n) is 6.46. The Hall–Kier alpha value is -1.56. The fourth-order valence-corrected chi connectivity index (χ4v) is 2.62. The summed E-state index contributed by atoms with van der Waals surface area (Å²) in [6.45, 7) is 4.00. The predicted molar refractivity (Wildman–Crippen MR) is 83.9 cm³/mol. The second-order valence-corrected chi connectivity index (χ2v) is 6.22. The number of halogens is 1. The molecule has 20 heavy (non-hydrogen) atoms. The molecule has 6 heteroatoms. The van der Waals surface area contributed by atoms with E-state index in [9.17, 15) is 9.59 Å². The molecule has 0 bridgehead atoms. The number of hydrogen-bond acceptors (Lipinski definition) is 2. The van der Waals surface area contributed by atoms with E-state index in [1.807, 2.05) is 26.0 Å². The molecule has 0 fully saturated rings. The van der Waals surface area contributed by atoms with E-state index in [0.717, 1.165) is 15.5 Å². The number of carbonyl (C=O) groups is 1. The first-order valence-corrected chi connectivity index (χ1v) is 7.25. The molecule has 1 aromatic carbocycles. The van der Waals surface area contributed by atoms with Gasteiger partial charge in [0.05, 0.1) is 16.7 Å². The molecular formula is C14H18BrN3O2. The van der Waals surface area contributed by atoms with Crippen LogP contribution in [0.2, 0.25) is 0 Å². The van der Waals surface area contributed by atoms with Gasteiger partial charge in [0.1, 0.15) is 0 Å². The van der Waals surface area contributed by atoms with E-state index in [2.05, 4.69) is 21.2 Å². The van der Waals surface area contributed by atoms with Gasteiger partial charge in [0.25, 0.3) is 0 Å². The van der Waals surface area contributed by atoms with Gasteiger partial charge < -0.3 is 5.32 Å². The second kappa shape index (κ2) is 5.44. The number of fused-ring (bicyclic) bond motifs is 1. The first kappa shape index (κ1) is 14.8. The molecule has 2 rings (SSSR count). The van der Waals surface area contributed by atoms with Gasteiger partial charge in [-0.1, -0.05) is 13.8 Å². The Bertz CT molecular complexity index is 728. The van der Waals surface area contributed by atoms with E-state index >= 15 is 0 Å². The van der Waals surface area contributed by atoms with Crippen LogP contribution in [0.15, 0.2) is 21.4 Å². The Balaban J connectivity index is 2.45. The first-order chi connectivity index (χ1) is 9.31. The van der Waals surface area contributed by atoms with Crippen molar-refractivity contribution in [3.05, 3.63) is 27.1 Å². The Morgan fingerprint density at radius 3 is 2.35 bits per heavy atom. The van der Waals surface area contributed by atoms with E-state index < -0.39 is 0 Å². The third kappa shape index (κ3) is 2.65. The molecule has 0 spiro atoms. The van der Waals surface area contributed by atoms with Gasteiger partial charge in [-0.05, 0) is 34.0 Å². The van der Waals surface area contributed by atoms with Crippen molar-refractivity contribution in [3.8, 4) is 0 Å². The quantitative estimate of drug-likeness (QED) is 0.934. The lowest BCUT2D eigenvalue weighted by Crippen LogP contribution is -2.19. The molecule has 0 saturated heterocycles. The van der Waals surface area contributed by atoms with Gasteiger partial charge in [-0.3, -0.25) is 13.9 Å². The average molecular weight is 340 g/mol. The number of aryl methyl sites for hydroxylation is 2. The van der Waals surface area contributed by atoms with Crippen LogP contribution >= 0.6 is 15.9 Å². The molecule has 108 valence electrons. The third-order valence-electron chi connectivity index (χ3n) is 3.23. The highest BCUT2D eigenvalue weighted by molar-refractivity contribution is 9.10. The topological polar surface area (TPSA) is 56.0 Å². The maximum absolute atomic E-state index is 11.9. The molecule has 1 amide bonds. The monoisotopic (exact) mass is 339 g/mol. The van der Waals surface area contributed by atoms with Crippen LogP contribution in [0.25, 0.3) is 11.0 Å². The van der Waals surface area contributed by atoms with Crippen LogP contribution in [-0.2, 0) is 18.9 Å². The summed E-state index contributed by atoms with van der Waals surface area (Å²) in [6.07, 6.45) is 0.470. The molecule has 0 radical (unpaired) electrons. The van der Waals surface area contributed by atoms with Crippen LogP contribution < -0.4 is 11.0 Å². The highest BCUT2D eigenvalue weighted by atomic mass is 79.9. The maximum atomic E-state index is 11.9. The van der Waals surface area contributed by atoms with Gasteiger partial charge >= 0.3 is 5.69 Å². The smallest absolute Gasteiger partial charge is 0.325 e. The van der Waals surface area contributed by atoms with Gasteiger partial charge in [-0.15, -0.1) is 0 Å². The van der Waals surface area contributed by atoms with Crippen LogP contribution in [0.5, 0.6) is 0 Å². The van der Waals surface area contributed by atoms with Crippen LogP contribution in [0.3, 0.4) is 0 Å². The zero-order valence-electron chi connectivity index (χ0n) is 12.0. The standard InChI is InChI=1S/C14H18BrN3O2/c1-8(2)5-13(19)16-10-7-12-11(6-9(10)15)17(3)14(20)18(12)4/h6-8H,5H2,1-4H3,(H,16,19). The SMILES string of the molecule is CC(C)CC(=O)Nc1cc2c(cc1Br)n(C)c(=O)n2C. The average Bonchev–Trinajstić information content (AvgIpc) is 2.55. The van der Waals surface area contributed by atoms with Gasteiger partial charge in [-0.2, -0.15) is 0 Å². The minimum absolute atomic E-state index is 0.0269. The number of imidazole rings is 1. The summed E-state index contributed by atoms with van der Waals surface area (Å²) in [5.41, 5.74) is 2.22. The van der Waals surface area contributed by atoms with E-state index in [0.29, 0.717) is 18.0 Å². The number of anilines is 1. The number of nitrogens with one attached hydrogen (secondary N) is 1. The molecule has 2 aromatic rings. The van der Waals surface area contributed by atoms with Crippen LogP contribution in [-0.4, -0.2) is 15.0 Å². The number of aromatic nitrogens is 2. The molecule has 1 N–H and O–H groups in total. The lowest BCUT2D eigenvalue weighted by atomic mass is 10.1. The summed E-state index contributed by atoms with van der Waals surface area (Å²) < 4.78 is 3.92. The van der Waals surface area contributed by atoms with Crippen LogP contribution in [0.1, 0.15) is 20.3 Å². The van der Waals surface area contributed by atoms with Gasteiger partial charge in [0.15, 0.2) is 0 Å². The van der Waals surface area contributed by atoms with Gasteiger partial charge in [-0.25, -0.2) is 4.79 Å². The normalized spacial score (nSPS) is 11.3. The van der Waals surface area contributed by atoms with E-state index in [1.165, 1.54) is 0 Å². The van der Waals surface area contributed by atoms with Crippen molar-refractivity contribution >= 4 is 38.6 Å². The second-order valence-electron chi connectivity index (χ2n) is 5.37. The van der Waals surface area contributed by atoms with Gasteiger partial charge in [0, 0.05) is 25.0 Å².